The zero-order chi connectivity index (χ0) is 13.1. The Balaban J connectivity index is 1.46. The normalized spacial score (nSPS) is 22.0. The Hall–Kier alpha value is -0.940. The Kier molecular flexibility index (Phi) is 4.13. The summed E-state index contributed by atoms with van der Waals surface area (Å²) >= 11 is 1.69. The Morgan fingerprint density at radius 2 is 2.00 bits per heavy atom. The fourth-order valence-electron chi connectivity index (χ4n) is 3.07. The molecule has 0 unspecified atom stereocenters. The van der Waals surface area contributed by atoms with Crippen molar-refractivity contribution in [3.05, 3.63) is 11.6 Å². The second-order valence-electron chi connectivity index (χ2n) is 5.53. The quantitative estimate of drug-likeness (QED) is 0.845. The SMILES string of the molecule is O=C(CN1CCN(c2nccs2)CC1)C1CCCC1. The predicted molar refractivity (Wildman–Crippen MR) is 77.7 cm³/mol. The van der Waals surface area contributed by atoms with Crippen molar-refractivity contribution in [2.75, 3.05) is 37.6 Å². The van der Waals surface area contributed by atoms with Gasteiger partial charge in [0.25, 0.3) is 0 Å². The molecule has 1 aromatic rings. The first-order chi connectivity index (χ1) is 9.33. The van der Waals surface area contributed by atoms with Crippen LogP contribution in [-0.2, 0) is 4.79 Å². The molecule has 0 amide bonds. The first-order valence-corrected chi connectivity index (χ1v) is 8.10. The number of Topliss-reactive ketones (excluding diaryl/α,β-unsaturated/α-hetero) is 1. The van der Waals surface area contributed by atoms with Gasteiger partial charge in [-0.2, -0.15) is 0 Å². The Bertz CT molecular complexity index is 406. The van der Waals surface area contributed by atoms with E-state index in [0.29, 0.717) is 18.2 Å². The van der Waals surface area contributed by atoms with E-state index in [4.69, 9.17) is 0 Å². The van der Waals surface area contributed by atoms with Gasteiger partial charge < -0.3 is 4.90 Å². The summed E-state index contributed by atoms with van der Waals surface area (Å²) in [5.41, 5.74) is 0. The number of hydrogen-bond acceptors (Lipinski definition) is 5. The number of carbonyl (C=O) groups is 1. The molecule has 0 bridgehead atoms. The van der Waals surface area contributed by atoms with Crippen LogP contribution in [0.3, 0.4) is 0 Å². The Labute approximate surface area is 118 Å². The summed E-state index contributed by atoms with van der Waals surface area (Å²) in [4.78, 5) is 21.1. The van der Waals surface area contributed by atoms with Gasteiger partial charge in [0.1, 0.15) is 5.78 Å². The van der Waals surface area contributed by atoms with Crippen LogP contribution in [0.5, 0.6) is 0 Å². The molecule has 0 radical (unpaired) electrons. The summed E-state index contributed by atoms with van der Waals surface area (Å²) < 4.78 is 0. The topological polar surface area (TPSA) is 36.4 Å². The molecule has 3 rings (SSSR count). The van der Waals surface area contributed by atoms with Crippen LogP contribution in [0.1, 0.15) is 25.7 Å². The molecule has 2 fully saturated rings. The standard InChI is InChI=1S/C14H21N3OS/c18-13(12-3-1-2-4-12)11-16-6-8-17(9-7-16)14-15-5-10-19-14/h5,10,12H,1-4,6-9,11H2. The van der Waals surface area contributed by atoms with Gasteiger partial charge in [0.05, 0.1) is 6.54 Å². The summed E-state index contributed by atoms with van der Waals surface area (Å²) in [5, 5.41) is 3.13. The number of rotatable bonds is 4. The molecular formula is C14H21N3OS. The van der Waals surface area contributed by atoms with Gasteiger partial charge in [0, 0.05) is 43.7 Å². The highest BCUT2D eigenvalue weighted by Crippen LogP contribution is 2.26. The van der Waals surface area contributed by atoms with Gasteiger partial charge in [-0.3, -0.25) is 9.69 Å². The number of anilines is 1. The zero-order valence-corrected chi connectivity index (χ0v) is 12.1. The molecule has 1 saturated carbocycles. The van der Waals surface area contributed by atoms with E-state index in [1.165, 1.54) is 12.8 Å². The highest BCUT2D eigenvalue weighted by molar-refractivity contribution is 7.13. The second kappa shape index (κ2) is 6.01. The van der Waals surface area contributed by atoms with Crippen LogP contribution in [0.25, 0.3) is 0 Å². The van der Waals surface area contributed by atoms with Gasteiger partial charge in [-0.25, -0.2) is 4.98 Å². The van der Waals surface area contributed by atoms with Crippen molar-refractivity contribution >= 4 is 22.3 Å². The fraction of sp³-hybridized carbons (Fsp3) is 0.714. The van der Waals surface area contributed by atoms with Crippen LogP contribution in [-0.4, -0.2) is 48.4 Å². The third-order valence-electron chi connectivity index (χ3n) is 4.25. The van der Waals surface area contributed by atoms with Gasteiger partial charge in [-0.15, -0.1) is 11.3 Å². The van der Waals surface area contributed by atoms with E-state index < -0.39 is 0 Å². The van der Waals surface area contributed by atoms with E-state index in [1.54, 1.807) is 11.3 Å². The molecule has 0 aromatic carbocycles. The Morgan fingerprint density at radius 1 is 1.26 bits per heavy atom. The van der Waals surface area contributed by atoms with Crippen molar-refractivity contribution in [1.82, 2.24) is 9.88 Å². The molecule has 4 nitrogen and oxygen atoms in total. The maximum absolute atomic E-state index is 12.2. The average Bonchev–Trinajstić information content (AvgIpc) is 3.13. The molecule has 1 aromatic heterocycles. The molecule has 19 heavy (non-hydrogen) atoms. The average molecular weight is 279 g/mol. The minimum Gasteiger partial charge on any atom is -0.346 e. The first kappa shape index (κ1) is 13.1. The molecule has 2 heterocycles. The number of hydrogen-bond donors (Lipinski definition) is 0. The van der Waals surface area contributed by atoms with Crippen LogP contribution < -0.4 is 4.90 Å². The maximum Gasteiger partial charge on any atom is 0.185 e. The van der Waals surface area contributed by atoms with Gasteiger partial charge >= 0.3 is 0 Å². The molecule has 1 saturated heterocycles. The fourth-order valence-corrected chi connectivity index (χ4v) is 3.76. The smallest absolute Gasteiger partial charge is 0.185 e. The minimum atomic E-state index is 0.358. The van der Waals surface area contributed by atoms with Crippen molar-refractivity contribution in [2.45, 2.75) is 25.7 Å². The summed E-state index contributed by atoms with van der Waals surface area (Å²) in [5.74, 6) is 0.831. The van der Waals surface area contributed by atoms with E-state index in [2.05, 4.69) is 14.8 Å². The highest BCUT2D eigenvalue weighted by atomic mass is 32.1. The predicted octanol–water partition coefficient (Wildman–Crippen LogP) is 2.02. The molecule has 1 aliphatic carbocycles. The minimum absolute atomic E-state index is 0.358. The number of carbonyl (C=O) groups excluding carboxylic acids is 1. The van der Waals surface area contributed by atoms with Crippen LogP contribution in [0, 0.1) is 5.92 Å². The van der Waals surface area contributed by atoms with Crippen LogP contribution >= 0.6 is 11.3 Å². The molecule has 1 aliphatic heterocycles. The lowest BCUT2D eigenvalue weighted by atomic mass is 10.0. The first-order valence-electron chi connectivity index (χ1n) is 7.22. The molecule has 0 N–H and O–H groups in total. The molecular weight excluding hydrogens is 258 g/mol. The molecule has 104 valence electrons. The molecule has 0 spiro atoms. The van der Waals surface area contributed by atoms with Crippen molar-refractivity contribution in [2.24, 2.45) is 5.92 Å². The zero-order valence-electron chi connectivity index (χ0n) is 11.3. The van der Waals surface area contributed by atoms with Gasteiger partial charge in [0.15, 0.2) is 5.13 Å². The number of ketones is 1. The number of piperazine rings is 1. The van der Waals surface area contributed by atoms with Crippen LogP contribution in [0.15, 0.2) is 11.6 Å². The van der Waals surface area contributed by atoms with Gasteiger partial charge in [-0.1, -0.05) is 12.8 Å². The molecule has 5 heteroatoms. The Morgan fingerprint density at radius 3 is 2.63 bits per heavy atom. The lowest BCUT2D eigenvalue weighted by Crippen LogP contribution is -2.48. The van der Waals surface area contributed by atoms with E-state index in [1.807, 2.05) is 11.6 Å². The third-order valence-corrected chi connectivity index (χ3v) is 5.08. The number of thiazole rings is 1. The third kappa shape index (κ3) is 3.15. The summed E-state index contributed by atoms with van der Waals surface area (Å²) in [7, 11) is 0. The summed E-state index contributed by atoms with van der Waals surface area (Å²) in [6.45, 7) is 4.61. The lowest BCUT2D eigenvalue weighted by Gasteiger charge is -2.34. The lowest BCUT2D eigenvalue weighted by molar-refractivity contribution is -0.123. The van der Waals surface area contributed by atoms with Crippen LogP contribution in [0.2, 0.25) is 0 Å². The van der Waals surface area contributed by atoms with E-state index in [-0.39, 0.29) is 0 Å². The van der Waals surface area contributed by atoms with Crippen molar-refractivity contribution < 1.29 is 4.79 Å². The van der Waals surface area contributed by atoms with Crippen molar-refractivity contribution in [3.8, 4) is 0 Å². The number of nitrogens with zero attached hydrogens (tertiary/aromatic N) is 3. The van der Waals surface area contributed by atoms with Gasteiger partial charge in [0.2, 0.25) is 0 Å². The molecule has 0 atom stereocenters. The summed E-state index contributed by atoms with van der Waals surface area (Å²) in [6, 6.07) is 0. The van der Waals surface area contributed by atoms with E-state index in [9.17, 15) is 4.79 Å². The van der Waals surface area contributed by atoms with E-state index >= 15 is 0 Å². The largest absolute Gasteiger partial charge is 0.346 e. The van der Waals surface area contributed by atoms with Gasteiger partial charge in [-0.05, 0) is 12.8 Å². The highest BCUT2D eigenvalue weighted by Gasteiger charge is 2.26. The van der Waals surface area contributed by atoms with Crippen molar-refractivity contribution in [3.63, 3.8) is 0 Å². The molecule has 2 aliphatic rings. The number of aromatic nitrogens is 1. The monoisotopic (exact) mass is 279 g/mol. The second-order valence-corrected chi connectivity index (χ2v) is 6.40. The van der Waals surface area contributed by atoms with Crippen molar-refractivity contribution in [1.29, 1.82) is 0 Å². The maximum atomic E-state index is 12.2. The van der Waals surface area contributed by atoms with E-state index in [0.717, 1.165) is 44.2 Å². The summed E-state index contributed by atoms with van der Waals surface area (Å²) in [6.07, 6.45) is 6.59. The van der Waals surface area contributed by atoms with Crippen LogP contribution in [0.4, 0.5) is 5.13 Å².